The number of rotatable bonds is 5. The Bertz CT molecular complexity index is 960. The first-order chi connectivity index (χ1) is 12.5. The summed E-state index contributed by atoms with van der Waals surface area (Å²) in [5.41, 5.74) is 0.682. The normalized spacial score (nSPS) is 14.2. The van der Waals surface area contributed by atoms with Crippen molar-refractivity contribution in [1.29, 1.82) is 10.5 Å². The highest BCUT2D eigenvalue weighted by molar-refractivity contribution is 6.14. The number of carbonyl (C=O) groups is 1. The summed E-state index contributed by atoms with van der Waals surface area (Å²) in [5.74, 6) is 1.15. The first-order valence-electron chi connectivity index (χ1n) is 7.85. The first-order valence-corrected chi connectivity index (χ1v) is 7.85. The molecule has 130 valence electrons. The number of nitriles is 2. The van der Waals surface area contributed by atoms with Gasteiger partial charge in [0.05, 0.1) is 36.4 Å². The van der Waals surface area contributed by atoms with Crippen LogP contribution >= 0.6 is 0 Å². The van der Waals surface area contributed by atoms with E-state index in [9.17, 15) is 9.90 Å². The third-order valence-electron chi connectivity index (χ3n) is 3.92. The van der Waals surface area contributed by atoms with Crippen molar-refractivity contribution in [3.8, 4) is 23.6 Å². The lowest BCUT2D eigenvalue weighted by Gasteiger charge is -2.17. The minimum Gasteiger partial charge on any atom is -0.507 e. The summed E-state index contributed by atoms with van der Waals surface area (Å²) < 4.78 is 11.1. The van der Waals surface area contributed by atoms with Crippen molar-refractivity contribution in [1.82, 2.24) is 4.90 Å². The van der Waals surface area contributed by atoms with Crippen LogP contribution < -0.4 is 4.74 Å². The monoisotopic (exact) mass is 349 g/mol. The van der Waals surface area contributed by atoms with Gasteiger partial charge >= 0.3 is 0 Å². The van der Waals surface area contributed by atoms with Crippen molar-refractivity contribution in [2.45, 2.75) is 13.5 Å². The van der Waals surface area contributed by atoms with E-state index < -0.39 is 0 Å². The van der Waals surface area contributed by atoms with E-state index in [1.54, 1.807) is 24.0 Å². The summed E-state index contributed by atoms with van der Waals surface area (Å²) in [5, 5.41) is 28.0. The number of phenols is 1. The van der Waals surface area contributed by atoms with Gasteiger partial charge in [0.1, 0.15) is 23.0 Å². The average molecular weight is 349 g/mol. The van der Waals surface area contributed by atoms with Gasteiger partial charge in [-0.1, -0.05) is 0 Å². The van der Waals surface area contributed by atoms with Crippen molar-refractivity contribution in [2.24, 2.45) is 0 Å². The molecule has 1 aromatic heterocycles. The highest BCUT2D eigenvalue weighted by Crippen LogP contribution is 2.40. The van der Waals surface area contributed by atoms with Crippen molar-refractivity contribution < 1.29 is 19.1 Å². The van der Waals surface area contributed by atoms with Crippen LogP contribution in [0.25, 0.3) is 6.08 Å². The highest BCUT2D eigenvalue weighted by atomic mass is 16.5. The minimum atomic E-state index is -0.317. The standard InChI is InChI=1S/C19H15N3O4/c1-12-2-3-13(25-12)10-17-18(24)14-4-5-16(23)15(19(14)26-17)11-22(8-6-20)9-7-21/h2-5,10,23H,8-9,11H2,1H3/b17-10+. The van der Waals surface area contributed by atoms with Crippen molar-refractivity contribution in [3.05, 3.63) is 52.7 Å². The maximum Gasteiger partial charge on any atom is 0.232 e. The van der Waals surface area contributed by atoms with E-state index in [4.69, 9.17) is 19.7 Å². The number of ether oxygens (including phenoxy) is 1. The largest absolute Gasteiger partial charge is 0.507 e. The number of fused-ring (bicyclic) bond motifs is 1. The molecule has 0 bridgehead atoms. The molecule has 1 aliphatic rings. The predicted octanol–water partition coefficient (Wildman–Crippen LogP) is 2.76. The van der Waals surface area contributed by atoms with Crippen molar-refractivity contribution in [2.75, 3.05) is 13.1 Å². The fraction of sp³-hybridized carbons (Fsp3) is 0.211. The number of allylic oxidation sites excluding steroid dienone is 1. The Hall–Kier alpha value is -3.55. The third kappa shape index (κ3) is 3.30. The number of ketones is 1. The van der Waals surface area contributed by atoms with Crippen LogP contribution in [0, 0.1) is 29.6 Å². The second kappa shape index (κ2) is 7.14. The Morgan fingerprint density at radius 3 is 2.54 bits per heavy atom. The van der Waals surface area contributed by atoms with Gasteiger partial charge in [0, 0.05) is 12.6 Å². The third-order valence-corrected chi connectivity index (χ3v) is 3.92. The minimum absolute atomic E-state index is 0.0129. The van der Waals surface area contributed by atoms with E-state index >= 15 is 0 Å². The number of hydrogen-bond donors (Lipinski definition) is 1. The average Bonchev–Trinajstić information content (AvgIpc) is 3.15. The molecule has 0 saturated carbocycles. The maximum atomic E-state index is 12.6. The Morgan fingerprint density at radius 1 is 1.19 bits per heavy atom. The number of phenolic OH excluding ortho intramolecular Hbond substituents is 1. The number of aromatic hydroxyl groups is 1. The molecule has 0 radical (unpaired) electrons. The molecule has 0 aliphatic carbocycles. The predicted molar refractivity (Wildman–Crippen MR) is 91.0 cm³/mol. The molecule has 0 unspecified atom stereocenters. The van der Waals surface area contributed by atoms with Gasteiger partial charge in [0.15, 0.2) is 5.76 Å². The molecule has 0 atom stereocenters. The second-order valence-corrected chi connectivity index (χ2v) is 5.79. The molecule has 2 aromatic rings. The Morgan fingerprint density at radius 2 is 1.92 bits per heavy atom. The molecule has 7 nitrogen and oxygen atoms in total. The van der Waals surface area contributed by atoms with Crippen LogP contribution in [0.4, 0.5) is 0 Å². The van der Waals surface area contributed by atoms with Gasteiger partial charge in [-0.05, 0) is 31.2 Å². The summed E-state index contributed by atoms with van der Waals surface area (Å²) in [6, 6.07) is 10.3. The van der Waals surface area contributed by atoms with Crippen LogP contribution in [-0.2, 0) is 6.54 Å². The van der Waals surface area contributed by atoms with Crippen molar-refractivity contribution >= 4 is 11.9 Å². The van der Waals surface area contributed by atoms with Crippen LogP contribution in [0.1, 0.15) is 27.4 Å². The lowest BCUT2D eigenvalue weighted by atomic mass is 10.0. The van der Waals surface area contributed by atoms with Gasteiger partial charge in [0.2, 0.25) is 5.78 Å². The molecule has 1 aliphatic heterocycles. The number of aryl methyl sites for hydroxylation is 1. The van der Waals surface area contributed by atoms with Crippen LogP contribution in [0.5, 0.6) is 11.5 Å². The summed E-state index contributed by atoms with van der Waals surface area (Å²) >= 11 is 0. The Kier molecular flexibility index (Phi) is 4.74. The molecule has 0 spiro atoms. The molecule has 0 fully saturated rings. The van der Waals surface area contributed by atoms with E-state index in [0.717, 1.165) is 0 Å². The lowest BCUT2D eigenvalue weighted by Crippen LogP contribution is -2.24. The summed E-state index contributed by atoms with van der Waals surface area (Å²) in [7, 11) is 0. The van der Waals surface area contributed by atoms with Gasteiger partial charge in [0.25, 0.3) is 0 Å². The van der Waals surface area contributed by atoms with E-state index in [-0.39, 0.29) is 42.7 Å². The molecule has 0 amide bonds. The fourth-order valence-corrected chi connectivity index (χ4v) is 2.70. The molecule has 1 aromatic carbocycles. The van der Waals surface area contributed by atoms with Gasteiger partial charge in [-0.25, -0.2) is 0 Å². The quantitative estimate of drug-likeness (QED) is 0.652. The zero-order valence-electron chi connectivity index (χ0n) is 14.0. The Labute approximate surface area is 149 Å². The van der Waals surface area contributed by atoms with E-state index in [2.05, 4.69) is 0 Å². The number of benzene rings is 1. The van der Waals surface area contributed by atoms with Gasteiger partial charge < -0.3 is 14.3 Å². The zero-order valence-corrected chi connectivity index (χ0v) is 14.0. The summed E-state index contributed by atoms with van der Waals surface area (Å²) in [6.45, 7) is 1.93. The number of Topliss-reactive ketones (excluding diaryl/α,β-unsaturated/α-hetero) is 1. The Balaban J connectivity index is 1.95. The fourth-order valence-electron chi connectivity index (χ4n) is 2.70. The maximum absolute atomic E-state index is 12.6. The SMILES string of the molecule is Cc1ccc(/C=C2/Oc3c(ccc(O)c3CN(CC#N)CC#N)C2=O)o1. The van der Waals surface area contributed by atoms with E-state index in [1.807, 2.05) is 12.1 Å². The lowest BCUT2D eigenvalue weighted by molar-refractivity contribution is 0.101. The van der Waals surface area contributed by atoms with Crippen LogP contribution in [0.15, 0.2) is 34.4 Å². The van der Waals surface area contributed by atoms with E-state index in [0.29, 0.717) is 22.6 Å². The topological polar surface area (TPSA) is 110 Å². The molecule has 0 saturated heterocycles. The molecule has 3 rings (SSSR count). The summed E-state index contributed by atoms with van der Waals surface area (Å²) in [4.78, 5) is 14.1. The van der Waals surface area contributed by atoms with Gasteiger partial charge in [-0.3, -0.25) is 9.69 Å². The van der Waals surface area contributed by atoms with Crippen LogP contribution in [-0.4, -0.2) is 28.9 Å². The molecule has 2 heterocycles. The van der Waals surface area contributed by atoms with Gasteiger partial charge in [-0.15, -0.1) is 0 Å². The summed E-state index contributed by atoms with van der Waals surface area (Å²) in [6.07, 6.45) is 1.50. The van der Waals surface area contributed by atoms with E-state index in [1.165, 1.54) is 18.2 Å². The second-order valence-electron chi connectivity index (χ2n) is 5.79. The molecular formula is C19H15N3O4. The zero-order chi connectivity index (χ0) is 18.7. The smallest absolute Gasteiger partial charge is 0.232 e. The number of nitrogens with zero attached hydrogens (tertiary/aromatic N) is 3. The number of carbonyl (C=O) groups excluding carboxylic acids is 1. The van der Waals surface area contributed by atoms with Gasteiger partial charge in [-0.2, -0.15) is 10.5 Å². The van der Waals surface area contributed by atoms with Crippen molar-refractivity contribution in [3.63, 3.8) is 0 Å². The first kappa shape index (κ1) is 17.3. The molecular weight excluding hydrogens is 334 g/mol. The van der Waals surface area contributed by atoms with Crippen LogP contribution in [0.2, 0.25) is 0 Å². The van der Waals surface area contributed by atoms with Crippen LogP contribution in [0.3, 0.4) is 0 Å². The molecule has 7 heteroatoms. The highest BCUT2D eigenvalue weighted by Gasteiger charge is 2.32. The molecule has 26 heavy (non-hydrogen) atoms. The number of furan rings is 1. The molecule has 1 N–H and O–H groups in total. The number of hydrogen-bond acceptors (Lipinski definition) is 7.